The molecule has 3 nitrogen and oxygen atoms in total. The minimum atomic E-state index is 0.272. The van der Waals surface area contributed by atoms with Gasteiger partial charge in [0, 0.05) is 19.1 Å². The molecule has 2 saturated carbocycles. The van der Waals surface area contributed by atoms with E-state index in [9.17, 15) is 4.79 Å². The third-order valence-corrected chi connectivity index (χ3v) is 3.64. The van der Waals surface area contributed by atoms with Crippen LogP contribution in [-0.4, -0.2) is 36.5 Å². The fourth-order valence-corrected chi connectivity index (χ4v) is 2.32. The number of hydrogen-bond acceptors (Lipinski definition) is 2. The zero-order valence-corrected chi connectivity index (χ0v) is 9.67. The summed E-state index contributed by atoms with van der Waals surface area (Å²) in [7, 11) is 1.97. The number of rotatable bonds is 4. The van der Waals surface area contributed by atoms with Gasteiger partial charge in [0.15, 0.2) is 0 Å². The summed E-state index contributed by atoms with van der Waals surface area (Å²) in [6, 6.07) is 1.14. The van der Waals surface area contributed by atoms with Crippen molar-refractivity contribution < 1.29 is 4.79 Å². The lowest BCUT2D eigenvalue weighted by Crippen LogP contribution is -2.43. The van der Waals surface area contributed by atoms with E-state index in [-0.39, 0.29) is 5.91 Å². The van der Waals surface area contributed by atoms with Crippen LogP contribution in [-0.2, 0) is 4.79 Å². The van der Waals surface area contributed by atoms with E-state index >= 15 is 0 Å². The first-order valence-electron chi connectivity index (χ1n) is 6.26. The average Bonchev–Trinajstić information content (AvgIpc) is 3.10. The van der Waals surface area contributed by atoms with Gasteiger partial charge in [0.05, 0.1) is 6.54 Å². The fraction of sp³-hybridized carbons (Fsp3) is 0.917. The predicted octanol–water partition coefficient (Wildman–Crippen LogP) is 1.53. The molecule has 0 spiro atoms. The van der Waals surface area contributed by atoms with Crippen molar-refractivity contribution in [1.82, 2.24) is 10.2 Å². The SMILES string of the molecule is CN(C(=O)CNC1CC1)C1CCCCC1. The lowest BCUT2D eigenvalue weighted by Gasteiger charge is -2.31. The second kappa shape index (κ2) is 4.97. The molecular formula is C12H22N2O. The molecule has 2 fully saturated rings. The molecule has 0 unspecified atom stereocenters. The highest BCUT2D eigenvalue weighted by molar-refractivity contribution is 5.78. The van der Waals surface area contributed by atoms with Crippen LogP contribution in [0.15, 0.2) is 0 Å². The van der Waals surface area contributed by atoms with E-state index < -0.39 is 0 Å². The Labute approximate surface area is 92.2 Å². The molecular weight excluding hydrogens is 188 g/mol. The fourth-order valence-electron chi connectivity index (χ4n) is 2.32. The van der Waals surface area contributed by atoms with Crippen LogP contribution in [0.1, 0.15) is 44.9 Å². The first-order valence-corrected chi connectivity index (χ1v) is 6.26. The van der Waals surface area contributed by atoms with Crippen LogP contribution >= 0.6 is 0 Å². The van der Waals surface area contributed by atoms with E-state index in [1.165, 1.54) is 44.9 Å². The van der Waals surface area contributed by atoms with Crippen molar-refractivity contribution in [1.29, 1.82) is 0 Å². The zero-order chi connectivity index (χ0) is 10.7. The minimum absolute atomic E-state index is 0.272. The smallest absolute Gasteiger partial charge is 0.236 e. The van der Waals surface area contributed by atoms with Crippen molar-refractivity contribution in [2.45, 2.75) is 57.0 Å². The summed E-state index contributed by atoms with van der Waals surface area (Å²) >= 11 is 0. The molecule has 0 heterocycles. The van der Waals surface area contributed by atoms with Gasteiger partial charge in [0.1, 0.15) is 0 Å². The van der Waals surface area contributed by atoms with Crippen molar-refractivity contribution >= 4 is 5.91 Å². The number of amides is 1. The van der Waals surface area contributed by atoms with Crippen LogP contribution in [0, 0.1) is 0 Å². The molecule has 2 aliphatic carbocycles. The minimum Gasteiger partial charge on any atom is -0.342 e. The number of carbonyl (C=O) groups excluding carboxylic acids is 1. The number of nitrogens with one attached hydrogen (secondary N) is 1. The van der Waals surface area contributed by atoms with E-state index in [4.69, 9.17) is 0 Å². The average molecular weight is 210 g/mol. The molecule has 1 amide bonds. The molecule has 0 aromatic carbocycles. The highest BCUT2D eigenvalue weighted by Gasteiger charge is 2.25. The van der Waals surface area contributed by atoms with Gasteiger partial charge in [-0.15, -0.1) is 0 Å². The molecule has 0 radical (unpaired) electrons. The predicted molar refractivity (Wildman–Crippen MR) is 60.7 cm³/mol. The van der Waals surface area contributed by atoms with Crippen LogP contribution in [0.25, 0.3) is 0 Å². The molecule has 0 aromatic rings. The van der Waals surface area contributed by atoms with Crippen LogP contribution in [0.2, 0.25) is 0 Å². The van der Waals surface area contributed by atoms with Crippen LogP contribution in [0.3, 0.4) is 0 Å². The standard InChI is InChI=1S/C12H22N2O/c1-14(11-5-3-2-4-6-11)12(15)9-13-10-7-8-10/h10-11,13H,2-9H2,1H3. The first kappa shape index (κ1) is 10.9. The summed E-state index contributed by atoms with van der Waals surface area (Å²) < 4.78 is 0. The Bertz CT molecular complexity index is 220. The number of hydrogen-bond donors (Lipinski definition) is 1. The third-order valence-electron chi connectivity index (χ3n) is 3.64. The lowest BCUT2D eigenvalue weighted by atomic mass is 9.94. The molecule has 1 N–H and O–H groups in total. The number of nitrogens with zero attached hydrogens (tertiary/aromatic N) is 1. The maximum Gasteiger partial charge on any atom is 0.236 e. The summed E-state index contributed by atoms with van der Waals surface area (Å²) in [6.45, 7) is 0.539. The zero-order valence-electron chi connectivity index (χ0n) is 9.67. The topological polar surface area (TPSA) is 32.3 Å². The van der Waals surface area contributed by atoms with Crippen molar-refractivity contribution in [3.05, 3.63) is 0 Å². The van der Waals surface area contributed by atoms with Gasteiger partial charge in [-0.3, -0.25) is 4.79 Å². The van der Waals surface area contributed by atoms with Crippen molar-refractivity contribution in [3.8, 4) is 0 Å². The largest absolute Gasteiger partial charge is 0.342 e. The van der Waals surface area contributed by atoms with Gasteiger partial charge in [-0.05, 0) is 25.7 Å². The maximum atomic E-state index is 11.8. The Morgan fingerprint density at radius 3 is 2.47 bits per heavy atom. The van der Waals surface area contributed by atoms with E-state index in [0.717, 1.165) is 0 Å². The van der Waals surface area contributed by atoms with Crippen molar-refractivity contribution in [2.75, 3.05) is 13.6 Å². The highest BCUT2D eigenvalue weighted by Crippen LogP contribution is 2.22. The first-order chi connectivity index (χ1) is 7.27. The second-order valence-corrected chi connectivity index (χ2v) is 4.95. The highest BCUT2D eigenvalue weighted by atomic mass is 16.2. The molecule has 0 aromatic heterocycles. The van der Waals surface area contributed by atoms with Gasteiger partial charge in [-0.25, -0.2) is 0 Å². The van der Waals surface area contributed by atoms with Gasteiger partial charge in [-0.1, -0.05) is 19.3 Å². The Kier molecular flexibility index (Phi) is 3.62. The second-order valence-electron chi connectivity index (χ2n) is 4.95. The monoisotopic (exact) mass is 210 g/mol. The Hall–Kier alpha value is -0.570. The summed E-state index contributed by atoms with van der Waals surface area (Å²) in [5.74, 6) is 0.272. The van der Waals surface area contributed by atoms with Crippen LogP contribution in [0.4, 0.5) is 0 Å². The summed E-state index contributed by atoms with van der Waals surface area (Å²) in [6.07, 6.45) is 8.83. The van der Waals surface area contributed by atoms with E-state index in [1.54, 1.807) is 0 Å². The third kappa shape index (κ3) is 3.20. The molecule has 0 saturated heterocycles. The molecule has 0 atom stereocenters. The van der Waals surface area contributed by atoms with Gasteiger partial charge >= 0.3 is 0 Å². The van der Waals surface area contributed by atoms with E-state index in [2.05, 4.69) is 5.32 Å². The van der Waals surface area contributed by atoms with Gasteiger partial charge < -0.3 is 10.2 Å². The molecule has 3 heteroatoms. The van der Waals surface area contributed by atoms with Crippen molar-refractivity contribution in [3.63, 3.8) is 0 Å². The molecule has 0 aliphatic heterocycles. The summed E-state index contributed by atoms with van der Waals surface area (Å²) in [5.41, 5.74) is 0. The molecule has 15 heavy (non-hydrogen) atoms. The molecule has 86 valence electrons. The maximum absolute atomic E-state index is 11.8. The Balaban J connectivity index is 1.71. The Morgan fingerprint density at radius 1 is 1.20 bits per heavy atom. The van der Waals surface area contributed by atoms with Gasteiger partial charge in [-0.2, -0.15) is 0 Å². The van der Waals surface area contributed by atoms with Gasteiger partial charge in [0.2, 0.25) is 5.91 Å². The quantitative estimate of drug-likeness (QED) is 0.763. The molecule has 0 bridgehead atoms. The van der Waals surface area contributed by atoms with Gasteiger partial charge in [0.25, 0.3) is 0 Å². The van der Waals surface area contributed by atoms with Crippen LogP contribution in [0.5, 0.6) is 0 Å². The normalized spacial score (nSPS) is 22.7. The number of likely N-dealkylation sites (N-methyl/N-ethyl adjacent to an activating group) is 1. The van der Waals surface area contributed by atoms with E-state index in [1.807, 2.05) is 11.9 Å². The number of carbonyl (C=O) groups is 1. The molecule has 2 rings (SSSR count). The van der Waals surface area contributed by atoms with Crippen LogP contribution < -0.4 is 5.32 Å². The van der Waals surface area contributed by atoms with E-state index in [0.29, 0.717) is 18.6 Å². The van der Waals surface area contributed by atoms with Crippen molar-refractivity contribution in [2.24, 2.45) is 0 Å². The lowest BCUT2D eigenvalue weighted by molar-refractivity contribution is -0.131. The summed E-state index contributed by atoms with van der Waals surface area (Å²) in [4.78, 5) is 13.8. The summed E-state index contributed by atoms with van der Waals surface area (Å²) in [5, 5.41) is 3.29. The molecule has 2 aliphatic rings. The Morgan fingerprint density at radius 2 is 1.87 bits per heavy atom.